The van der Waals surface area contributed by atoms with Crippen molar-refractivity contribution in [2.75, 3.05) is 110 Å². The fraction of sp³-hybridized carbons (Fsp3) is 0.341. The summed E-state index contributed by atoms with van der Waals surface area (Å²) in [4.78, 5) is 69.9. The lowest BCUT2D eigenvalue weighted by atomic mass is 10.1. The molecule has 12 aromatic rings. The molecular weight excluding hydrogens is 1790 g/mol. The lowest BCUT2D eigenvalue weighted by molar-refractivity contribution is -0.119. The van der Waals surface area contributed by atoms with Gasteiger partial charge in [0.15, 0.2) is 44.1 Å². The van der Waals surface area contributed by atoms with Crippen molar-refractivity contribution in [1.82, 2.24) is 101 Å². The first-order valence-corrected chi connectivity index (χ1v) is 43.0. The molecule has 14 rings (SSSR count). The largest absolute Gasteiger partial charge is 0.494 e. The van der Waals surface area contributed by atoms with E-state index in [1.54, 1.807) is 78.0 Å². The summed E-state index contributed by atoms with van der Waals surface area (Å²) < 4.78 is 51.8. The Morgan fingerprint density at radius 2 is 0.689 bits per heavy atom. The number of nitrogen functional groups attached to an aromatic ring is 1. The molecule has 2 aliphatic carbocycles. The summed E-state index contributed by atoms with van der Waals surface area (Å²) in [5, 5.41) is 70.9. The van der Waals surface area contributed by atoms with Gasteiger partial charge in [0, 0.05) is 154 Å². The third-order valence-electron chi connectivity index (χ3n) is 19.5. The van der Waals surface area contributed by atoms with Gasteiger partial charge in [-0.15, -0.1) is 40.8 Å². The van der Waals surface area contributed by atoms with Crippen molar-refractivity contribution in [2.45, 2.75) is 106 Å². The summed E-state index contributed by atoms with van der Waals surface area (Å²) in [6.07, 6.45) is 17.7. The second kappa shape index (κ2) is 49.9. The minimum absolute atomic E-state index is 0.00922. The third kappa shape index (κ3) is 27.7. The van der Waals surface area contributed by atoms with Gasteiger partial charge in [-0.05, 0) is 111 Å². The van der Waals surface area contributed by atoms with E-state index in [2.05, 4.69) is 104 Å². The number of halogens is 4. The van der Waals surface area contributed by atoms with E-state index in [9.17, 15) is 28.8 Å². The van der Waals surface area contributed by atoms with Crippen molar-refractivity contribution >= 4 is 127 Å². The minimum atomic E-state index is -0.415. The maximum absolute atomic E-state index is 12.4. The highest BCUT2D eigenvalue weighted by Crippen LogP contribution is 2.43. The first kappa shape index (κ1) is 102. The predicted octanol–water partition coefficient (Wildman–Crippen LogP) is 14.4. The van der Waals surface area contributed by atoms with Crippen LogP contribution in [0.25, 0.3) is 44.5 Å². The Morgan fingerprint density at radius 1 is 0.394 bits per heavy atom. The number of ether oxygens (including phenoxy) is 8. The molecule has 44 heteroatoms. The maximum Gasteiger partial charge on any atom is 0.273 e. The van der Waals surface area contributed by atoms with Gasteiger partial charge in [0.05, 0.1) is 98.1 Å². The standard InChI is InChI=1S/C24H29N7O4.2C20H23ClN6O3.C14H19N3O2.C6H5Cl2N3O.C4H7NO/c1-5-35-14(2)31-13-16(12-26-31)17-7-6-8-18(22(17)34-4)27-19-11-20(28-23(32)15-9-10-15)29-30-21(19)24(33)25-3;2*1-5-30-12(2)27-11-13(10-23-27)14-7-6-8-15(19(14)29-4)24-16-9-17(21)25-26-18(16)20(28)22-3;1-4-19-10(2)17-9-11(8-16-17)12-6-5-7-13(15)14(12)18-3;1-9-6(12)5-3(7)2-4(8)10-11-5;5-4(6)3-1-2-3/h6-8,11-15H,5,9-10H2,1-4H3,(H,25,33)(H2,27,28,29,32);2*6-12H,5H2,1-4H3,(H,22,28)(H,24,25);5-10H,4,15H2,1-3H3;2H,1H3,(H,9,12);3H,1-2H2,(H2,5,6). The lowest BCUT2D eigenvalue weighted by Crippen LogP contribution is -2.22. The molecule has 0 saturated heterocycles. The maximum atomic E-state index is 12.4. The van der Waals surface area contributed by atoms with Gasteiger partial charge in [0.2, 0.25) is 11.8 Å². The zero-order valence-corrected chi connectivity index (χ0v) is 78.5. The Hall–Kier alpha value is -13.7. The number of aromatic nitrogens is 16. The van der Waals surface area contributed by atoms with Gasteiger partial charge in [-0.3, -0.25) is 28.8 Å². The summed E-state index contributed by atoms with van der Waals surface area (Å²) in [6, 6.07) is 28.6. The average Bonchev–Trinajstić information content (AvgIpc) is 1.47. The van der Waals surface area contributed by atoms with E-state index in [0.29, 0.717) is 89.2 Å². The number of methoxy groups -OCH3 is 4. The Kier molecular flexibility index (Phi) is 38.5. The number of hydrogen-bond donors (Lipinski definition) is 10. The number of benzene rings is 4. The molecule has 2 fully saturated rings. The quantitative estimate of drug-likeness (QED) is 0.0171. The van der Waals surface area contributed by atoms with E-state index in [1.807, 2.05) is 153 Å². The summed E-state index contributed by atoms with van der Waals surface area (Å²) in [6.45, 7) is 17.9. The molecule has 4 atom stereocenters. The number of carbonyl (C=O) groups excluding carboxylic acids is 6. The smallest absolute Gasteiger partial charge is 0.273 e. The number of primary amides is 1. The predicted molar refractivity (Wildman–Crippen MR) is 501 cm³/mol. The summed E-state index contributed by atoms with van der Waals surface area (Å²) in [5.74, 6) is 1.10. The fourth-order valence-electron chi connectivity index (χ4n) is 12.6. The molecule has 0 spiro atoms. The van der Waals surface area contributed by atoms with Crippen LogP contribution in [0, 0.1) is 11.8 Å². The second-order valence-corrected chi connectivity index (χ2v) is 30.1. The molecule has 4 aromatic carbocycles. The molecule has 2 aliphatic rings. The topological polar surface area (TPSA) is 499 Å². The van der Waals surface area contributed by atoms with Crippen molar-refractivity contribution in [3.63, 3.8) is 0 Å². The zero-order valence-electron chi connectivity index (χ0n) is 75.5. The normalized spacial score (nSPS) is 12.6. The third-order valence-corrected chi connectivity index (χ3v) is 20.3. The number of nitrogens with zero attached hydrogens (tertiary/aromatic N) is 16. The molecule has 4 unspecified atom stereocenters. The molecule has 132 heavy (non-hydrogen) atoms. The highest BCUT2D eigenvalue weighted by molar-refractivity contribution is 6.36. The Labute approximate surface area is 781 Å². The first-order chi connectivity index (χ1) is 63.5. The van der Waals surface area contributed by atoms with E-state index in [-0.39, 0.29) is 115 Å². The highest BCUT2D eigenvalue weighted by Gasteiger charge is 2.31. The number of rotatable bonds is 33. The molecule has 40 nitrogen and oxygen atoms in total. The first-order valence-electron chi connectivity index (χ1n) is 41.5. The van der Waals surface area contributed by atoms with Crippen LogP contribution < -0.4 is 72.9 Å². The van der Waals surface area contributed by atoms with Crippen LogP contribution in [0.1, 0.15) is 148 Å². The van der Waals surface area contributed by atoms with Crippen molar-refractivity contribution in [2.24, 2.45) is 17.6 Å². The number of anilines is 8. The molecule has 12 N–H and O–H groups in total. The van der Waals surface area contributed by atoms with Crippen LogP contribution in [0.2, 0.25) is 20.5 Å². The van der Waals surface area contributed by atoms with Gasteiger partial charge in [0.25, 0.3) is 23.6 Å². The highest BCUT2D eigenvalue weighted by atomic mass is 35.5. The molecule has 6 amide bonds. The van der Waals surface area contributed by atoms with Gasteiger partial charge in [0.1, 0.15) is 47.9 Å². The summed E-state index contributed by atoms with van der Waals surface area (Å²) in [5.41, 5.74) is 21.7. The van der Waals surface area contributed by atoms with E-state index >= 15 is 0 Å². The Bertz CT molecular complexity index is 5750. The molecule has 0 bridgehead atoms. The van der Waals surface area contributed by atoms with E-state index < -0.39 is 5.91 Å². The second-order valence-electron chi connectivity index (χ2n) is 28.5. The van der Waals surface area contributed by atoms with E-state index in [4.69, 9.17) is 95.8 Å². The number of amides is 6. The molecule has 8 aromatic heterocycles. The molecular formula is C88H106Cl4N26O14. The van der Waals surface area contributed by atoms with Crippen molar-refractivity contribution in [3.8, 4) is 67.5 Å². The molecule has 0 aliphatic heterocycles. The molecule has 8 heterocycles. The molecule has 2 saturated carbocycles. The SMILES string of the molecule is CCOC(C)n1cc(-c2cccc(N)c2OC)cn1.CCOC(C)n1cc(-c2cccc(Nc3cc(Cl)nnc3C(=O)NC)c2OC)cn1.CCOC(C)n1cc(-c2cccc(Nc3cc(Cl)nnc3C(=O)NC)c2OC)cn1.CCOC(C)n1cc(-c2cccc(Nc3cc(NC(=O)C4CC4)nnc3C(=O)NC)c2OC)cn1.CNC(=O)c1nnc(Cl)cc1Cl.NC(=O)C1CC1. The van der Waals surface area contributed by atoms with Crippen LogP contribution in [-0.4, -0.2) is 198 Å². The number of nitrogens with two attached hydrogens (primary N) is 2. The van der Waals surface area contributed by atoms with Crippen molar-refractivity contribution in [1.29, 1.82) is 0 Å². The van der Waals surface area contributed by atoms with Crippen molar-refractivity contribution < 1.29 is 66.7 Å². The summed E-state index contributed by atoms with van der Waals surface area (Å²) in [7, 11) is 12.4. The van der Waals surface area contributed by atoms with Gasteiger partial charge < -0.3 is 91.9 Å². The zero-order chi connectivity index (χ0) is 95.8. The van der Waals surface area contributed by atoms with Gasteiger partial charge in [-0.2, -0.15) is 20.4 Å². The van der Waals surface area contributed by atoms with Crippen molar-refractivity contribution in [3.05, 3.63) is 190 Å². The minimum Gasteiger partial charge on any atom is -0.494 e. The number of para-hydroxylation sites is 4. The van der Waals surface area contributed by atoms with E-state index in [1.165, 1.54) is 46.4 Å². The van der Waals surface area contributed by atoms with Crippen LogP contribution in [0.15, 0.2) is 147 Å². The fourth-order valence-corrected chi connectivity index (χ4v) is 13.3. The van der Waals surface area contributed by atoms with Crippen LogP contribution in [0.5, 0.6) is 23.0 Å². The number of nitrogens with one attached hydrogen (secondary N) is 8. The number of hydrogen-bond acceptors (Lipinski definition) is 30. The molecule has 700 valence electrons. The Morgan fingerprint density at radius 3 is 0.985 bits per heavy atom. The van der Waals surface area contributed by atoms with Gasteiger partial charge in [-0.25, -0.2) is 18.7 Å². The molecule has 0 radical (unpaired) electrons. The summed E-state index contributed by atoms with van der Waals surface area (Å²) >= 11 is 23.1. The van der Waals surface area contributed by atoms with Gasteiger partial charge in [-0.1, -0.05) is 94.9 Å². The van der Waals surface area contributed by atoms with Gasteiger partial charge >= 0.3 is 0 Å². The van der Waals surface area contributed by atoms with Crippen LogP contribution in [-0.2, 0) is 28.5 Å². The average molecular weight is 1890 g/mol. The van der Waals surface area contributed by atoms with E-state index in [0.717, 1.165) is 70.2 Å². The Balaban J connectivity index is 0.000000188. The monoisotopic (exact) mass is 1890 g/mol. The number of carbonyl (C=O) groups is 6. The lowest BCUT2D eigenvalue weighted by Gasteiger charge is -2.16. The van der Waals surface area contributed by atoms with Crippen LogP contribution in [0.3, 0.4) is 0 Å². The van der Waals surface area contributed by atoms with Crippen LogP contribution in [0.4, 0.5) is 45.6 Å². The van der Waals surface area contributed by atoms with Crippen LogP contribution >= 0.6 is 46.4 Å².